The summed E-state index contributed by atoms with van der Waals surface area (Å²) in [5.74, 6) is 1.39. The largest absolute Gasteiger partial charge is 0.385 e. The number of hydrogen-bond donors (Lipinski definition) is 1. The van der Waals surface area contributed by atoms with Gasteiger partial charge >= 0.3 is 0 Å². The molecule has 1 aromatic carbocycles. The highest BCUT2D eigenvalue weighted by Gasteiger charge is 2.11. The third-order valence-corrected chi connectivity index (χ3v) is 3.54. The standard InChI is InChI=1S/C16H23N/c1-13(2)15-10-6-7-11-16(15)17-12-14-8-4-3-5-9-14/h3-4,6-7,10-11,13-14,17H,5,8-9,12H2,1-2H3. The van der Waals surface area contributed by atoms with Gasteiger partial charge in [-0.05, 0) is 42.7 Å². The summed E-state index contributed by atoms with van der Waals surface area (Å²) in [5, 5.41) is 3.63. The lowest BCUT2D eigenvalue weighted by Gasteiger charge is -2.21. The second kappa shape index (κ2) is 5.90. The Hall–Kier alpha value is -1.24. The van der Waals surface area contributed by atoms with Crippen molar-refractivity contribution in [3.8, 4) is 0 Å². The van der Waals surface area contributed by atoms with Gasteiger partial charge in [-0.3, -0.25) is 0 Å². The van der Waals surface area contributed by atoms with Crippen molar-refractivity contribution in [3.63, 3.8) is 0 Å². The predicted molar refractivity (Wildman–Crippen MR) is 75.5 cm³/mol. The average Bonchev–Trinajstić information content (AvgIpc) is 2.38. The maximum atomic E-state index is 3.63. The number of benzene rings is 1. The number of anilines is 1. The fraction of sp³-hybridized carbons (Fsp3) is 0.500. The number of hydrogen-bond acceptors (Lipinski definition) is 1. The molecule has 1 nitrogen and oxygen atoms in total. The molecule has 0 fully saturated rings. The molecule has 0 bridgehead atoms. The summed E-state index contributed by atoms with van der Waals surface area (Å²) in [7, 11) is 0. The Morgan fingerprint density at radius 1 is 1.24 bits per heavy atom. The van der Waals surface area contributed by atoms with Crippen LogP contribution in [0.4, 0.5) is 5.69 Å². The van der Waals surface area contributed by atoms with Crippen LogP contribution in [0, 0.1) is 5.92 Å². The van der Waals surface area contributed by atoms with Gasteiger partial charge in [0.05, 0.1) is 0 Å². The van der Waals surface area contributed by atoms with Crippen LogP contribution in [0.15, 0.2) is 36.4 Å². The number of rotatable bonds is 4. The molecule has 1 unspecified atom stereocenters. The van der Waals surface area contributed by atoms with E-state index in [0.29, 0.717) is 5.92 Å². The second-order valence-corrected chi connectivity index (χ2v) is 5.27. The van der Waals surface area contributed by atoms with E-state index < -0.39 is 0 Å². The predicted octanol–water partition coefficient (Wildman–Crippen LogP) is 4.58. The van der Waals surface area contributed by atoms with Gasteiger partial charge in [0.15, 0.2) is 0 Å². The van der Waals surface area contributed by atoms with Crippen LogP contribution in [0.1, 0.15) is 44.6 Å². The minimum atomic E-state index is 0.588. The van der Waals surface area contributed by atoms with Crippen LogP contribution in [-0.4, -0.2) is 6.54 Å². The Morgan fingerprint density at radius 3 is 2.76 bits per heavy atom. The van der Waals surface area contributed by atoms with Crippen LogP contribution < -0.4 is 5.32 Å². The zero-order valence-corrected chi connectivity index (χ0v) is 10.9. The third kappa shape index (κ3) is 3.36. The van der Waals surface area contributed by atoms with Crippen LogP contribution in [0.25, 0.3) is 0 Å². The summed E-state index contributed by atoms with van der Waals surface area (Å²) in [6.45, 7) is 5.61. The van der Waals surface area contributed by atoms with Crippen molar-refractivity contribution < 1.29 is 0 Å². The fourth-order valence-electron chi connectivity index (χ4n) is 2.46. The molecule has 0 aliphatic heterocycles. The van der Waals surface area contributed by atoms with Gasteiger partial charge in [-0.25, -0.2) is 0 Å². The number of para-hydroxylation sites is 1. The van der Waals surface area contributed by atoms with E-state index in [0.717, 1.165) is 12.5 Å². The normalized spacial score (nSPS) is 19.6. The molecule has 1 aliphatic rings. The molecule has 0 amide bonds. The van der Waals surface area contributed by atoms with E-state index >= 15 is 0 Å². The lowest BCUT2D eigenvalue weighted by molar-refractivity contribution is 0.504. The Kier molecular flexibility index (Phi) is 4.24. The van der Waals surface area contributed by atoms with Gasteiger partial charge in [0.1, 0.15) is 0 Å². The van der Waals surface area contributed by atoms with Crippen molar-refractivity contribution in [2.45, 2.75) is 39.0 Å². The zero-order valence-electron chi connectivity index (χ0n) is 10.9. The smallest absolute Gasteiger partial charge is 0.0375 e. The van der Waals surface area contributed by atoms with Gasteiger partial charge in [-0.15, -0.1) is 0 Å². The summed E-state index contributed by atoms with van der Waals surface area (Å²) in [6.07, 6.45) is 8.44. The topological polar surface area (TPSA) is 12.0 Å². The number of allylic oxidation sites excluding steroid dienone is 2. The molecule has 1 heteroatoms. The van der Waals surface area contributed by atoms with Gasteiger partial charge in [0.25, 0.3) is 0 Å². The lowest BCUT2D eigenvalue weighted by atomic mass is 9.94. The van der Waals surface area contributed by atoms with Gasteiger partial charge in [-0.1, -0.05) is 44.2 Å². The summed E-state index contributed by atoms with van der Waals surface area (Å²) in [4.78, 5) is 0. The molecule has 0 aromatic heterocycles. The maximum absolute atomic E-state index is 3.63. The monoisotopic (exact) mass is 229 g/mol. The van der Waals surface area contributed by atoms with E-state index in [4.69, 9.17) is 0 Å². The lowest BCUT2D eigenvalue weighted by Crippen LogP contribution is -2.16. The molecule has 92 valence electrons. The first-order chi connectivity index (χ1) is 8.27. The molecule has 0 spiro atoms. The van der Waals surface area contributed by atoms with E-state index in [9.17, 15) is 0 Å². The van der Waals surface area contributed by atoms with Crippen molar-refractivity contribution >= 4 is 5.69 Å². The van der Waals surface area contributed by atoms with Gasteiger partial charge in [0, 0.05) is 12.2 Å². The van der Waals surface area contributed by atoms with Crippen molar-refractivity contribution in [3.05, 3.63) is 42.0 Å². The van der Waals surface area contributed by atoms with E-state index in [2.05, 4.69) is 55.6 Å². The van der Waals surface area contributed by atoms with Crippen LogP contribution in [0.2, 0.25) is 0 Å². The molecule has 0 radical (unpaired) electrons. The Balaban J connectivity index is 1.96. The molecule has 1 aromatic rings. The maximum Gasteiger partial charge on any atom is 0.0375 e. The first-order valence-electron chi connectivity index (χ1n) is 6.75. The highest BCUT2D eigenvalue weighted by Crippen LogP contribution is 2.25. The zero-order chi connectivity index (χ0) is 12.1. The molecule has 0 saturated heterocycles. The average molecular weight is 229 g/mol. The van der Waals surface area contributed by atoms with Crippen molar-refractivity contribution in [2.24, 2.45) is 5.92 Å². The van der Waals surface area contributed by atoms with Crippen LogP contribution in [-0.2, 0) is 0 Å². The molecule has 1 atom stereocenters. The minimum Gasteiger partial charge on any atom is -0.385 e. The van der Waals surface area contributed by atoms with E-state index in [1.165, 1.54) is 30.5 Å². The van der Waals surface area contributed by atoms with E-state index in [1.54, 1.807) is 0 Å². The van der Waals surface area contributed by atoms with Gasteiger partial charge in [-0.2, -0.15) is 0 Å². The van der Waals surface area contributed by atoms with Gasteiger partial charge < -0.3 is 5.32 Å². The summed E-state index contributed by atoms with van der Waals surface area (Å²) >= 11 is 0. The molecular formula is C16H23N. The van der Waals surface area contributed by atoms with Crippen LogP contribution in [0.3, 0.4) is 0 Å². The highest BCUT2D eigenvalue weighted by molar-refractivity contribution is 5.52. The Morgan fingerprint density at radius 2 is 2.06 bits per heavy atom. The first kappa shape index (κ1) is 12.2. The van der Waals surface area contributed by atoms with E-state index in [1.807, 2.05) is 0 Å². The molecule has 17 heavy (non-hydrogen) atoms. The molecule has 1 N–H and O–H groups in total. The molecule has 0 saturated carbocycles. The van der Waals surface area contributed by atoms with Crippen molar-refractivity contribution in [1.29, 1.82) is 0 Å². The van der Waals surface area contributed by atoms with E-state index in [-0.39, 0.29) is 0 Å². The molecule has 2 rings (SSSR count). The Labute approximate surface area is 105 Å². The van der Waals surface area contributed by atoms with Crippen molar-refractivity contribution in [1.82, 2.24) is 0 Å². The first-order valence-corrected chi connectivity index (χ1v) is 6.75. The van der Waals surface area contributed by atoms with Gasteiger partial charge in [0.2, 0.25) is 0 Å². The van der Waals surface area contributed by atoms with Crippen molar-refractivity contribution in [2.75, 3.05) is 11.9 Å². The quantitative estimate of drug-likeness (QED) is 0.745. The summed E-state index contributed by atoms with van der Waals surface area (Å²) in [5.41, 5.74) is 2.75. The molecule has 0 heterocycles. The fourth-order valence-corrected chi connectivity index (χ4v) is 2.46. The summed E-state index contributed by atoms with van der Waals surface area (Å²) < 4.78 is 0. The highest BCUT2D eigenvalue weighted by atomic mass is 14.9. The third-order valence-electron chi connectivity index (χ3n) is 3.54. The molecule has 1 aliphatic carbocycles. The minimum absolute atomic E-state index is 0.588. The van der Waals surface area contributed by atoms with Crippen LogP contribution >= 0.6 is 0 Å². The Bertz CT molecular complexity index is 379. The molecular weight excluding hydrogens is 206 g/mol. The summed E-state index contributed by atoms with van der Waals surface area (Å²) in [6, 6.07) is 8.68. The number of nitrogens with one attached hydrogen (secondary N) is 1. The SMILES string of the molecule is CC(C)c1ccccc1NCC1CC=CCC1. The second-order valence-electron chi connectivity index (χ2n) is 5.27. The van der Waals surface area contributed by atoms with Crippen LogP contribution in [0.5, 0.6) is 0 Å².